The van der Waals surface area contributed by atoms with E-state index < -0.39 is 0 Å². The highest BCUT2D eigenvalue weighted by Crippen LogP contribution is 2.31. The standard InChI is InChI=1S/C14H21Cl2N3O/c1-4-5-19(9(2)3)8-13(20)18-14-11(16)6-10(15)7-12(14)17/h6-7,9H,4-5,8,17H2,1-3H3,(H,18,20). The lowest BCUT2D eigenvalue weighted by Gasteiger charge is -2.25. The molecule has 0 saturated carbocycles. The van der Waals surface area contributed by atoms with Crippen molar-refractivity contribution in [3.05, 3.63) is 22.2 Å². The van der Waals surface area contributed by atoms with Gasteiger partial charge in [0.2, 0.25) is 5.91 Å². The first-order chi connectivity index (χ1) is 9.35. The molecule has 0 aliphatic rings. The molecule has 1 amide bonds. The zero-order valence-electron chi connectivity index (χ0n) is 12.0. The summed E-state index contributed by atoms with van der Waals surface area (Å²) in [5.41, 5.74) is 6.60. The number of nitrogens with one attached hydrogen (secondary N) is 1. The molecule has 0 unspecified atom stereocenters. The maximum absolute atomic E-state index is 12.1. The molecule has 0 saturated heterocycles. The molecule has 1 aromatic carbocycles. The second kappa shape index (κ2) is 7.72. The van der Waals surface area contributed by atoms with E-state index in [-0.39, 0.29) is 5.91 Å². The highest BCUT2D eigenvalue weighted by atomic mass is 35.5. The Kier molecular flexibility index (Phi) is 6.59. The van der Waals surface area contributed by atoms with Crippen LogP contribution >= 0.6 is 23.2 Å². The van der Waals surface area contributed by atoms with Crippen molar-refractivity contribution in [2.45, 2.75) is 33.2 Å². The average Bonchev–Trinajstić information content (AvgIpc) is 2.33. The zero-order valence-corrected chi connectivity index (χ0v) is 13.6. The molecule has 0 heterocycles. The SMILES string of the molecule is CCCN(CC(=O)Nc1c(N)cc(Cl)cc1Cl)C(C)C. The second-order valence-electron chi connectivity index (χ2n) is 4.96. The summed E-state index contributed by atoms with van der Waals surface area (Å²) in [7, 11) is 0. The Morgan fingerprint density at radius 2 is 2.05 bits per heavy atom. The van der Waals surface area contributed by atoms with Crippen LogP contribution in [0.1, 0.15) is 27.2 Å². The maximum Gasteiger partial charge on any atom is 0.238 e. The molecule has 0 spiro atoms. The lowest BCUT2D eigenvalue weighted by molar-refractivity contribution is -0.117. The highest BCUT2D eigenvalue weighted by molar-refractivity contribution is 6.37. The number of carbonyl (C=O) groups excluding carboxylic acids is 1. The molecule has 4 nitrogen and oxygen atoms in total. The molecular weight excluding hydrogens is 297 g/mol. The number of hydrogen-bond acceptors (Lipinski definition) is 3. The molecular formula is C14H21Cl2N3O. The van der Waals surface area contributed by atoms with Crippen molar-refractivity contribution in [1.82, 2.24) is 4.90 Å². The molecule has 0 aliphatic heterocycles. The molecule has 0 radical (unpaired) electrons. The number of benzene rings is 1. The summed E-state index contributed by atoms with van der Waals surface area (Å²) in [5, 5.41) is 3.54. The van der Waals surface area contributed by atoms with E-state index in [1.807, 2.05) is 0 Å². The molecule has 20 heavy (non-hydrogen) atoms. The quantitative estimate of drug-likeness (QED) is 0.787. The highest BCUT2D eigenvalue weighted by Gasteiger charge is 2.15. The van der Waals surface area contributed by atoms with Crippen molar-refractivity contribution in [2.75, 3.05) is 24.1 Å². The minimum atomic E-state index is -0.136. The normalized spacial score (nSPS) is 11.2. The van der Waals surface area contributed by atoms with E-state index in [1.165, 1.54) is 0 Å². The van der Waals surface area contributed by atoms with Crippen LogP contribution in [0.2, 0.25) is 10.0 Å². The minimum Gasteiger partial charge on any atom is -0.397 e. The third-order valence-corrected chi connectivity index (χ3v) is 3.45. The van der Waals surface area contributed by atoms with E-state index in [9.17, 15) is 4.79 Å². The van der Waals surface area contributed by atoms with Gasteiger partial charge < -0.3 is 11.1 Å². The summed E-state index contributed by atoms with van der Waals surface area (Å²) in [6.45, 7) is 7.39. The van der Waals surface area contributed by atoms with E-state index in [4.69, 9.17) is 28.9 Å². The molecule has 0 atom stereocenters. The lowest BCUT2D eigenvalue weighted by Crippen LogP contribution is -2.38. The lowest BCUT2D eigenvalue weighted by atomic mass is 10.2. The van der Waals surface area contributed by atoms with Crippen LogP contribution in [-0.4, -0.2) is 29.9 Å². The molecule has 3 N–H and O–H groups in total. The third kappa shape index (κ3) is 4.85. The maximum atomic E-state index is 12.1. The van der Waals surface area contributed by atoms with Crippen LogP contribution in [0.4, 0.5) is 11.4 Å². The Bertz CT molecular complexity index is 454. The Labute approximate surface area is 130 Å². The van der Waals surface area contributed by atoms with Gasteiger partial charge in [-0.2, -0.15) is 0 Å². The summed E-state index contributed by atoms with van der Waals surface area (Å²) < 4.78 is 0. The summed E-state index contributed by atoms with van der Waals surface area (Å²) in [5.74, 6) is -0.136. The van der Waals surface area contributed by atoms with Crippen LogP contribution in [0, 0.1) is 0 Å². The number of nitrogens with zero attached hydrogens (tertiary/aromatic N) is 1. The van der Waals surface area contributed by atoms with E-state index in [1.54, 1.807) is 12.1 Å². The minimum absolute atomic E-state index is 0.136. The first-order valence-corrected chi connectivity index (χ1v) is 7.39. The van der Waals surface area contributed by atoms with Gasteiger partial charge in [-0.15, -0.1) is 0 Å². The number of halogens is 2. The third-order valence-electron chi connectivity index (χ3n) is 2.94. The first kappa shape index (κ1) is 17.1. The van der Waals surface area contributed by atoms with Crippen molar-refractivity contribution in [1.29, 1.82) is 0 Å². The van der Waals surface area contributed by atoms with Gasteiger partial charge in [-0.3, -0.25) is 9.69 Å². The number of carbonyl (C=O) groups is 1. The van der Waals surface area contributed by atoms with Crippen LogP contribution in [0.25, 0.3) is 0 Å². The molecule has 0 fully saturated rings. The van der Waals surface area contributed by atoms with Crippen LogP contribution in [0.15, 0.2) is 12.1 Å². The van der Waals surface area contributed by atoms with Crippen molar-refractivity contribution in [2.24, 2.45) is 0 Å². The van der Waals surface area contributed by atoms with Gasteiger partial charge in [-0.25, -0.2) is 0 Å². The monoisotopic (exact) mass is 317 g/mol. The van der Waals surface area contributed by atoms with Gasteiger partial charge in [0, 0.05) is 11.1 Å². The van der Waals surface area contributed by atoms with Crippen molar-refractivity contribution >= 4 is 40.5 Å². The molecule has 0 aromatic heterocycles. The summed E-state index contributed by atoms with van der Waals surface area (Å²) >= 11 is 11.9. The van der Waals surface area contributed by atoms with Gasteiger partial charge >= 0.3 is 0 Å². The Morgan fingerprint density at radius 3 is 2.55 bits per heavy atom. The molecule has 1 rings (SSSR count). The Hall–Kier alpha value is -0.970. The second-order valence-corrected chi connectivity index (χ2v) is 5.81. The molecule has 0 aliphatic carbocycles. The van der Waals surface area contributed by atoms with Crippen LogP contribution < -0.4 is 11.1 Å². The molecule has 112 valence electrons. The molecule has 0 bridgehead atoms. The van der Waals surface area contributed by atoms with Crippen LogP contribution in [0.3, 0.4) is 0 Å². The molecule has 6 heteroatoms. The van der Waals surface area contributed by atoms with Crippen molar-refractivity contribution in [3.63, 3.8) is 0 Å². The zero-order chi connectivity index (χ0) is 15.3. The summed E-state index contributed by atoms with van der Waals surface area (Å²) in [4.78, 5) is 14.2. The number of amides is 1. The summed E-state index contributed by atoms with van der Waals surface area (Å²) in [6.07, 6.45) is 0.995. The van der Waals surface area contributed by atoms with Crippen LogP contribution in [0.5, 0.6) is 0 Å². The number of hydrogen-bond donors (Lipinski definition) is 2. The Morgan fingerprint density at radius 1 is 1.40 bits per heavy atom. The predicted molar refractivity (Wildman–Crippen MR) is 86.5 cm³/mol. The topological polar surface area (TPSA) is 58.4 Å². The van der Waals surface area contributed by atoms with E-state index in [2.05, 4.69) is 31.0 Å². The number of anilines is 2. The fourth-order valence-corrected chi connectivity index (χ4v) is 2.45. The number of rotatable bonds is 6. The van der Waals surface area contributed by atoms with Gasteiger partial charge in [-0.05, 0) is 38.9 Å². The van der Waals surface area contributed by atoms with Gasteiger partial charge in [0.05, 0.1) is 22.9 Å². The van der Waals surface area contributed by atoms with Gasteiger partial charge in [-0.1, -0.05) is 30.1 Å². The fraction of sp³-hybridized carbons (Fsp3) is 0.500. The van der Waals surface area contributed by atoms with E-state index in [0.29, 0.717) is 34.0 Å². The van der Waals surface area contributed by atoms with Crippen molar-refractivity contribution < 1.29 is 4.79 Å². The van der Waals surface area contributed by atoms with E-state index in [0.717, 1.165) is 13.0 Å². The predicted octanol–water partition coefficient (Wildman–Crippen LogP) is 3.63. The van der Waals surface area contributed by atoms with Crippen LogP contribution in [-0.2, 0) is 4.79 Å². The van der Waals surface area contributed by atoms with Crippen molar-refractivity contribution in [3.8, 4) is 0 Å². The average molecular weight is 318 g/mol. The Balaban J connectivity index is 2.76. The smallest absolute Gasteiger partial charge is 0.238 e. The molecule has 1 aromatic rings. The number of nitrogens with two attached hydrogens (primary N) is 1. The largest absolute Gasteiger partial charge is 0.397 e. The summed E-state index contributed by atoms with van der Waals surface area (Å²) in [6, 6.07) is 3.43. The van der Waals surface area contributed by atoms with Gasteiger partial charge in [0.1, 0.15) is 0 Å². The first-order valence-electron chi connectivity index (χ1n) is 6.63. The fourth-order valence-electron chi connectivity index (χ4n) is 1.90. The number of nitrogen functional groups attached to an aromatic ring is 1. The van der Waals surface area contributed by atoms with E-state index >= 15 is 0 Å². The van der Waals surface area contributed by atoms with Gasteiger partial charge in [0.15, 0.2) is 0 Å². The van der Waals surface area contributed by atoms with Gasteiger partial charge in [0.25, 0.3) is 0 Å².